The molecule has 8 heteroatoms. The molecule has 0 aliphatic carbocycles. The van der Waals surface area contributed by atoms with Gasteiger partial charge in [-0.15, -0.1) is 0 Å². The van der Waals surface area contributed by atoms with E-state index in [-0.39, 0.29) is 11.5 Å². The lowest BCUT2D eigenvalue weighted by Crippen LogP contribution is -2.08. The van der Waals surface area contributed by atoms with E-state index >= 15 is 0 Å². The molecule has 1 aromatic carbocycles. The van der Waals surface area contributed by atoms with Gasteiger partial charge in [-0.1, -0.05) is 23.4 Å². The average molecular weight is 334 g/mol. The lowest BCUT2D eigenvalue weighted by Gasteiger charge is -2.08. The van der Waals surface area contributed by atoms with Crippen LogP contribution in [0.5, 0.6) is 0 Å². The number of hydrogen-bond acceptors (Lipinski definition) is 5. The van der Waals surface area contributed by atoms with Crippen molar-refractivity contribution in [3.63, 3.8) is 0 Å². The van der Waals surface area contributed by atoms with Crippen LogP contribution in [-0.4, -0.2) is 21.7 Å². The number of aromatic nitrogens is 3. The normalized spacial score (nSPS) is 11.5. The topological polar surface area (TPSA) is 63.8 Å². The number of nitrogens with one attached hydrogen (secondary N) is 1. The zero-order chi connectivity index (χ0) is 17.0. The third-order valence-corrected chi connectivity index (χ3v) is 3.28. The molecule has 0 unspecified atom stereocenters. The van der Waals surface area contributed by atoms with Gasteiger partial charge in [-0.25, -0.2) is 0 Å². The smallest absolute Gasteiger partial charge is 0.385 e. The van der Waals surface area contributed by atoms with Crippen LogP contribution in [-0.2, 0) is 12.6 Å². The van der Waals surface area contributed by atoms with Gasteiger partial charge in [0.1, 0.15) is 0 Å². The van der Waals surface area contributed by atoms with Crippen molar-refractivity contribution >= 4 is 5.69 Å². The van der Waals surface area contributed by atoms with E-state index < -0.39 is 11.7 Å². The maximum Gasteiger partial charge on any atom is 0.417 e. The minimum atomic E-state index is -4.51. The Bertz CT molecular complexity index is 802. The summed E-state index contributed by atoms with van der Waals surface area (Å²) in [4.78, 5) is 7.73. The van der Waals surface area contributed by atoms with E-state index in [2.05, 4.69) is 20.4 Å². The lowest BCUT2D eigenvalue weighted by molar-refractivity contribution is -0.137. The zero-order valence-electron chi connectivity index (χ0n) is 12.4. The van der Waals surface area contributed by atoms with Crippen LogP contribution >= 0.6 is 0 Å². The van der Waals surface area contributed by atoms with E-state index in [4.69, 9.17) is 4.52 Å². The first-order valence-corrected chi connectivity index (χ1v) is 7.17. The SMILES string of the molecule is FC(F)(F)c1ccncc1-c1nc(CCNc2ccccc2)no1. The second-order valence-electron chi connectivity index (χ2n) is 4.98. The molecule has 0 aliphatic heterocycles. The summed E-state index contributed by atoms with van der Waals surface area (Å²) in [5.41, 5.74) is -0.136. The molecule has 24 heavy (non-hydrogen) atoms. The Hall–Kier alpha value is -2.90. The Morgan fingerprint density at radius 3 is 2.62 bits per heavy atom. The molecular weight excluding hydrogens is 321 g/mol. The molecular formula is C16H13F3N4O. The second kappa shape index (κ2) is 6.69. The van der Waals surface area contributed by atoms with Gasteiger partial charge < -0.3 is 9.84 Å². The maximum atomic E-state index is 13.0. The number of halogens is 3. The molecule has 0 aliphatic rings. The molecule has 0 amide bonds. The predicted octanol–water partition coefficient (Wildman–Crippen LogP) is 3.81. The maximum absolute atomic E-state index is 13.0. The van der Waals surface area contributed by atoms with Crippen LogP contribution in [0.15, 0.2) is 53.3 Å². The van der Waals surface area contributed by atoms with Crippen molar-refractivity contribution < 1.29 is 17.7 Å². The Labute approximate surface area is 135 Å². The molecule has 0 saturated carbocycles. The van der Waals surface area contributed by atoms with Crippen molar-refractivity contribution in [3.05, 3.63) is 60.2 Å². The van der Waals surface area contributed by atoms with E-state index in [0.29, 0.717) is 18.8 Å². The van der Waals surface area contributed by atoms with Gasteiger partial charge in [-0.2, -0.15) is 18.2 Å². The summed E-state index contributed by atoms with van der Waals surface area (Å²) >= 11 is 0. The fraction of sp³-hybridized carbons (Fsp3) is 0.188. The lowest BCUT2D eigenvalue weighted by atomic mass is 10.1. The highest BCUT2D eigenvalue weighted by atomic mass is 19.4. The van der Waals surface area contributed by atoms with Crippen LogP contribution < -0.4 is 5.32 Å². The molecule has 0 atom stereocenters. The van der Waals surface area contributed by atoms with Crippen LogP contribution in [0.1, 0.15) is 11.4 Å². The highest BCUT2D eigenvalue weighted by molar-refractivity contribution is 5.57. The number of nitrogens with zero attached hydrogens (tertiary/aromatic N) is 3. The number of para-hydroxylation sites is 1. The quantitative estimate of drug-likeness (QED) is 0.769. The summed E-state index contributed by atoms with van der Waals surface area (Å²) in [6.07, 6.45) is -1.95. The molecule has 3 aromatic rings. The van der Waals surface area contributed by atoms with E-state index in [1.807, 2.05) is 30.3 Å². The monoisotopic (exact) mass is 334 g/mol. The molecule has 0 radical (unpaired) electrons. The summed E-state index contributed by atoms with van der Waals surface area (Å²) in [7, 11) is 0. The Balaban J connectivity index is 1.70. The molecule has 0 fully saturated rings. The third-order valence-electron chi connectivity index (χ3n) is 3.28. The van der Waals surface area contributed by atoms with Gasteiger partial charge in [0.15, 0.2) is 5.82 Å². The van der Waals surface area contributed by atoms with E-state index in [0.717, 1.165) is 24.1 Å². The minimum absolute atomic E-state index is 0.190. The Kier molecular flexibility index (Phi) is 4.45. The molecule has 5 nitrogen and oxygen atoms in total. The highest BCUT2D eigenvalue weighted by Gasteiger charge is 2.35. The van der Waals surface area contributed by atoms with E-state index in [9.17, 15) is 13.2 Å². The summed E-state index contributed by atoms with van der Waals surface area (Å²) in [5, 5.41) is 6.89. The Morgan fingerprint density at radius 2 is 1.88 bits per heavy atom. The second-order valence-corrected chi connectivity index (χ2v) is 4.98. The molecule has 2 heterocycles. The minimum Gasteiger partial charge on any atom is -0.385 e. The van der Waals surface area contributed by atoms with Crippen LogP contribution in [0, 0.1) is 0 Å². The first-order chi connectivity index (χ1) is 11.5. The first-order valence-electron chi connectivity index (χ1n) is 7.17. The van der Waals surface area contributed by atoms with Gasteiger partial charge in [0.2, 0.25) is 0 Å². The molecule has 0 bridgehead atoms. The van der Waals surface area contributed by atoms with Gasteiger partial charge in [-0.05, 0) is 18.2 Å². The fourth-order valence-electron chi connectivity index (χ4n) is 2.15. The number of rotatable bonds is 5. The van der Waals surface area contributed by atoms with Crippen molar-refractivity contribution in [1.29, 1.82) is 0 Å². The van der Waals surface area contributed by atoms with Gasteiger partial charge in [-0.3, -0.25) is 4.98 Å². The van der Waals surface area contributed by atoms with Crippen LogP contribution in [0.25, 0.3) is 11.5 Å². The largest absolute Gasteiger partial charge is 0.417 e. The number of anilines is 1. The average Bonchev–Trinajstić information content (AvgIpc) is 3.04. The highest BCUT2D eigenvalue weighted by Crippen LogP contribution is 2.35. The number of hydrogen-bond donors (Lipinski definition) is 1. The molecule has 0 saturated heterocycles. The number of alkyl halides is 3. The summed E-state index contributed by atoms with van der Waals surface area (Å²) < 4.78 is 44.0. The third kappa shape index (κ3) is 3.70. The predicted molar refractivity (Wildman–Crippen MR) is 81.2 cm³/mol. The molecule has 0 spiro atoms. The van der Waals surface area contributed by atoms with Crippen molar-refractivity contribution in [2.24, 2.45) is 0 Å². The van der Waals surface area contributed by atoms with Crippen molar-refractivity contribution in [3.8, 4) is 11.5 Å². The molecule has 3 rings (SSSR count). The molecule has 2 aromatic heterocycles. The van der Waals surface area contributed by atoms with Gasteiger partial charge in [0, 0.05) is 31.0 Å². The van der Waals surface area contributed by atoms with Gasteiger partial charge in [0.05, 0.1) is 11.1 Å². The number of benzene rings is 1. The summed E-state index contributed by atoms with van der Waals surface area (Å²) in [6, 6.07) is 10.4. The Morgan fingerprint density at radius 1 is 1.08 bits per heavy atom. The van der Waals surface area contributed by atoms with Crippen molar-refractivity contribution in [1.82, 2.24) is 15.1 Å². The standard InChI is InChI=1S/C16H13F3N4O/c17-16(18,19)13-6-8-20-10-12(13)15-22-14(23-24-15)7-9-21-11-4-2-1-3-5-11/h1-6,8,10,21H,7,9H2. The zero-order valence-corrected chi connectivity index (χ0v) is 12.4. The van der Waals surface area contributed by atoms with Crippen LogP contribution in [0.3, 0.4) is 0 Å². The summed E-state index contributed by atoms with van der Waals surface area (Å²) in [6.45, 7) is 0.530. The van der Waals surface area contributed by atoms with E-state index in [1.165, 1.54) is 0 Å². The molecule has 124 valence electrons. The number of pyridine rings is 1. The summed E-state index contributed by atoms with van der Waals surface area (Å²) in [5.74, 6) is 0.135. The van der Waals surface area contributed by atoms with Gasteiger partial charge in [0.25, 0.3) is 5.89 Å². The van der Waals surface area contributed by atoms with E-state index in [1.54, 1.807) is 0 Å². The first kappa shape index (κ1) is 16.0. The van der Waals surface area contributed by atoms with Crippen molar-refractivity contribution in [2.75, 3.05) is 11.9 Å². The van der Waals surface area contributed by atoms with Crippen LogP contribution in [0.4, 0.5) is 18.9 Å². The van der Waals surface area contributed by atoms with Crippen molar-refractivity contribution in [2.45, 2.75) is 12.6 Å². The van der Waals surface area contributed by atoms with Gasteiger partial charge >= 0.3 is 6.18 Å². The van der Waals surface area contributed by atoms with Crippen LogP contribution in [0.2, 0.25) is 0 Å². The molecule has 1 N–H and O–H groups in total. The fourth-order valence-corrected chi connectivity index (χ4v) is 2.15.